The Bertz CT molecular complexity index is 239. The van der Waals surface area contributed by atoms with Crippen molar-refractivity contribution in [3.8, 4) is 0 Å². The third kappa shape index (κ3) is 6.24. The molecule has 1 fully saturated rings. The molecular formula is C16H34N2O. The third-order valence-electron chi connectivity index (χ3n) is 4.42. The number of aliphatic hydroxyl groups is 1. The molecule has 0 heterocycles. The minimum Gasteiger partial charge on any atom is -0.394 e. The Kier molecular flexibility index (Phi) is 7.33. The van der Waals surface area contributed by atoms with Crippen LogP contribution < -0.4 is 5.32 Å². The SMILES string of the molecule is CC(C)NC(C)(CO)CCCCN(C)C1CCCC1. The molecule has 0 aromatic heterocycles. The first-order valence-corrected chi connectivity index (χ1v) is 8.05. The third-order valence-corrected chi connectivity index (χ3v) is 4.42. The van der Waals surface area contributed by atoms with Gasteiger partial charge in [-0.3, -0.25) is 0 Å². The minimum atomic E-state index is -0.111. The van der Waals surface area contributed by atoms with E-state index in [9.17, 15) is 5.11 Å². The predicted molar refractivity (Wildman–Crippen MR) is 82.5 cm³/mol. The van der Waals surface area contributed by atoms with Crippen molar-refractivity contribution < 1.29 is 5.11 Å². The summed E-state index contributed by atoms with van der Waals surface area (Å²) in [6.45, 7) is 7.84. The van der Waals surface area contributed by atoms with Crippen LogP contribution in [-0.2, 0) is 0 Å². The second-order valence-electron chi connectivity index (χ2n) is 6.89. The standard InChI is InChI=1S/C16H34N2O/c1-14(2)17-16(3,13-19)11-7-8-12-18(4)15-9-5-6-10-15/h14-15,17,19H,5-13H2,1-4H3. The topological polar surface area (TPSA) is 35.5 Å². The van der Waals surface area contributed by atoms with Crippen LogP contribution in [-0.4, -0.2) is 47.8 Å². The minimum absolute atomic E-state index is 0.111. The molecule has 3 heteroatoms. The molecule has 1 atom stereocenters. The monoisotopic (exact) mass is 270 g/mol. The molecule has 19 heavy (non-hydrogen) atoms. The number of rotatable bonds is 9. The van der Waals surface area contributed by atoms with Gasteiger partial charge in [0.15, 0.2) is 0 Å². The highest BCUT2D eigenvalue weighted by Gasteiger charge is 2.23. The lowest BCUT2D eigenvalue weighted by molar-refractivity contribution is 0.151. The Hall–Kier alpha value is -0.120. The summed E-state index contributed by atoms with van der Waals surface area (Å²) in [5.74, 6) is 0. The molecule has 1 saturated carbocycles. The Morgan fingerprint density at radius 2 is 1.89 bits per heavy atom. The van der Waals surface area contributed by atoms with E-state index in [1.165, 1.54) is 45.1 Å². The van der Waals surface area contributed by atoms with E-state index in [1.807, 2.05) is 0 Å². The molecule has 1 rings (SSSR count). The van der Waals surface area contributed by atoms with Gasteiger partial charge in [-0.2, -0.15) is 0 Å². The summed E-state index contributed by atoms with van der Waals surface area (Å²) in [5.41, 5.74) is -0.111. The fourth-order valence-corrected chi connectivity index (χ4v) is 3.30. The molecule has 0 amide bonds. The zero-order valence-electron chi connectivity index (χ0n) is 13.4. The second kappa shape index (κ2) is 8.23. The molecule has 0 bridgehead atoms. The molecule has 0 aromatic rings. The number of unbranched alkanes of at least 4 members (excludes halogenated alkanes) is 1. The lowest BCUT2D eigenvalue weighted by Crippen LogP contribution is -2.49. The maximum Gasteiger partial charge on any atom is 0.0610 e. The van der Waals surface area contributed by atoms with E-state index >= 15 is 0 Å². The van der Waals surface area contributed by atoms with Crippen molar-refractivity contribution in [2.75, 3.05) is 20.2 Å². The van der Waals surface area contributed by atoms with E-state index in [-0.39, 0.29) is 12.1 Å². The van der Waals surface area contributed by atoms with Crippen LogP contribution in [0.4, 0.5) is 0 Å². The summed E-state index contributed by atoms with van der Waals surface area (Å²) >= 11 is 0. The van der Waals surface area contributed by atoms with Crippen LogP contribution >= 0.6 is 0 Å². The summed E-state index contributed by atoms with van der Waals surface area (Å²) < 4.78 is 0. The number of aliphatic hydroxyl groups excluding tert-OH is 1. The highest BCUT2D eigenvalue weighted by Crippen LogP contribution is 2.23. The van der Waals surface area contributed by atoms with Gasteiger partial charge in [-0.1, -0.05) is 33.1 Å². The largest absolute Gasteiger partial charge is 0.394 e. The number of nitrogens with zero attached hydrogens (tertiary/aromatic N) is 1. The van der Waals surface area contributed by atoms with Gasteiger partial charge in [-0.05, 0) is 46.2 Å². The quantitative estimate of drug-likeness (QED) is 0.632. The lowest BCUT2D eigenvalue weighted by Gasteiger charge is -2.31. The highest BCUT2D eigenvalue weighted by atomic mass is 16.3. The van der Waals surface area contributed by atoms with E-state index in [0.29, 0.717) is 6.04 Å². The number of hydrogen-bond donors (Lipinski definition) is 2. The van der Waals surface area contributed by atoms with E-state index in [0.717, 1.165) is 12.5 Å². The summed E-state index contributed by atoms with van der Waals surface area (Å²) in [5, 5.41) is 13.0. The van der Waals surface area contributed by atoms with Crippen LogP contribution in [0.5, 0.6) is 0 Å². The van der Waals surface area contributed by atoms with E-state index in [1.54, 1.807) is 0 Å². The first-order valence-electron chi connectivity index (χ1n) is 8.05. The average molecular weight is 270 g/mol. The molecule has 0 radical (unpaired) electrons. The van der Waals surface area contributed by atoms with Crippen LogP contribution in [0.1, 0.15) is 65.7 Å². The molecule has 1 aliphatic rings. The maximum absolute atomic E-state index is 9.54. The normalized spacial score (nSPS) is 20.4. The highest BCUT2D eigenvalue weighted by molar-refractivity contribution is 4.84. The Labute approximate surface area is 119 Å². The molecule has 2 N–H and O–H groups in total. The lowest BCUT2D eigenvalue weighted by atomic mass is 9.94. The molecule has 0 aliphatic heterocycles. The second-order valence-corrected chi connectivity index (χ2v) is 6.89. The van der Waals surface area contributed by atoms with E-state index in [2.05, 4.69) is 38.0 Å². The maximum atomic E-state index is 9.54. The first kappa shape index (κ1) is 16.9. The van der Waals surface area contributed by atoms with Gasteiger partial charge in [-0.25, -0.2) is 0 Å². The molecule has 0 spiro atoms. The van der Waals surface area contributed by atoms with Gasteiger partial charge < -0.3 is 15.3 Å². The van der Waals surface area contributed by atoms with E-state index in [4.69, 9.17) is 0 Å². The summed E-state index contributed by atoms with van der Waals surface area (Å²) in [4.78, 5) is 2.54. The Morgan fingerprint density at radius 3 is 2.42 bits per heavy atom. The molecule has 1 unspecified atom stereocenters. The summed E-state index contributed by atoms with van der Waals surface area (Å²) in [6, 6.07) is 1.26. The fourth-order valence-electron chi connectivity index (χ4n) is 3.30. The fraction of sp³-hybridized carbons (Fsp3) is 1.00. The molecule has 3 nitrogen and oxygen atoms in total. The van der Waals surface area contributed by atoms with Crippen molar-refractivity contribution in [2.45, 2.75) is 83.3 Å². The predicted octanol–water partition coefficient (Wildman–Crippen LogP) is 2.78. The van der Waals surface area contributed by atoms with Crippen LogP contribution in [0, 0.1) is 0 Å². The smallest absolute Gasteiger partial charge is 0.0610 e. The van der Waals surface area contributed by atoms with E-state index < -0.39 is 0 Å². The average Bonchev–Trinajstić information content (AvgIpc) is 2.87. The Balaban J connectivity index is 2.17. The van der Waals surface area contributed by atoms with Gasteiger partial charge in [0.2, 0.25) is 0 Å². The summed E-state index contributed by atoms with van der Waals surface area (Å²) in [6.07, 6.45) is 9.09. The zero-order chi connectivity index (χ0) is 14.3. The number of nitrogens with one attached hydrogen (secondary N) is 1. The summed E-state index contributed by atoms with van der Waals surface area (Å²) in [7, 11) is 2.27. The van der Waals surface area contributed by atoms with Gasteiger partial charge in [-0.15, -0.1) is 0 Å². The van der Waals surface area contributed by atoms with Crippen molar-refractivity contribution in [3.63, 3.8) is 0 Å². The Morgan fingerprint density at radius 1 is 1.26 bits per heavy atom. The van der Waals surface area contributed by atoms with Crippen molar-refractivity contribution in [1.82, 2.24) is 10.2 Å². The molecular weight excluding hydrogens is 236 g/mol. The van der Waals surface area contributed by atoms with Crippen LogP contribution in [0.3, 0.4) is 0 Å². The number of hydrogen-bond acceptors (Lipinski definition) is 3. The van der Waals surface area contributed by atoms with Crippen molar-refractivity contribution >= 4 is 0 Å². The van der Waals surface area contributed by atoms with Gasteiger partial charge >= 0.3 is 0 Å². The van der Waals surface area contributed by atoms with Crippen LogP contribution in [0.25, 0.3) is 0 Å². The van der Waals surface area contributed by atoms with Crippen molar-refractivity contribution in [3.05, 3.63) is 0 Å². The van der Waals surface area contributed by atoms with Crippen LogP contribution in [0.2, 0.25) is 0 Å². The van der Waals surface area contributed by atoms with Gasteiger partial charge in [0.1, 0.15) is 0 Å². The molecule has 1 aliphatic carbocycles. The van der Waals surface area contributed by atoms with Crippen molar-refractivity contribution in [2.24, 2.45) is 0 Å². The van der Waals surface area contributed by atoms with Crippen molar-refractivity contribution in [1.29, 1.82) is 0 Å². The van der Waals surface area contributed by atoms with Gasteiger partial charge in [0, 0.05) is 17.6 Å². The molecule has 114 valence electrons. The zero-order valence-corrected chi connectivity index (χ0v) is 13.4. The first-order chi connectivity index (χ1) is 8.97. The van der Waals surface area contributed by atoms with Gasteiger partial charge in [0.25, 0.3) is 0 Å². The molecule has 0 aromatic carbocycles. The molecule has 0 saturated heterocycles. The van der Waals surface area contributed by atoms with Gasteiger partial charge in [0.05, 0.1) is 6.61 Å². The van der Waals surface area contributed by atoms with Crippen LogP contribution in [0.15, 0.2) is 0 Å².